The van der Waals surface area contributed by atoms with E-state index in [1.807, 2.05) is 29.2 Å². The van der Waals surface area contributed by atoms with E-state index in [1.165, 1.54) is 18.4 Å². The number of aromatic nitrogens is 2. The van der Waals surface area contributed by atoms with E-state index < -0.39 is 0 Å². The molecule has 1 aliphatic heterocycles. The van der Waals surface area contributed by atoms with E-state index in [0.717, 1.165) is 12.2 Å². The Morgan fingerprint density at radius 1 is 1.25 bits per heavy atom. The van der Waals surface area contributed by atoms with Crippen molar-refractivity contribution in [3.63, 3.8) is 0 Å². The molecule has 24 heavy (non-hydrogen) atoms. The zero-order valence-electron chi connectivity index (χ0n) is 13.5. The smallest absolute Gasteiger partial charge is 0.274 e. The average molecular weight is 347 g/mol. The van der Waals surface area contributed by atoms with E-state index in [9.17, 15) is 4.79 Å². The minimum Gasteiger partial charge on any atom is -0.336 e. The highest BCUT2D eigenvalue weighted by molar-refractivity contribution is 5.92. The van der Waals surface area contributed by atoms with Gasteiger partial charge in [0.15, 0.2) is 0 Å². The summed E-state index contributed by atoms with van der Waals surface area (Å²) in [5, 5.41) is 7.24. The van der Waals surface area contributed by atoms with E-state index in [1.54, 1.807) is 0 Å². The van der Waals surface area contributed by atoms with Gasteiger partial charge in [-0.1, -0.05) is 30.3 Å². The molecule has 1 saturated carbocycles. The molecule has 1 aromatic carbocycles. The van der Waals surface area contributed by atoms with Gasteiger partial charge in [0, 0.05) is 30.6 Å². The van der Waals surface area contributed by atoms with Gasteiger partial charge in [-0.25, -0.2) is 0 Å². The predicted octanol–water partition coefficient (Wildman–Crippen LogP) is 2.52. The van der Waals surface area contributed by atoms with Crippen LogP contribution in [0, 0.1) is 5.92 Å². The summed E-state index contributed by atoms with van der Waals surface area (Å²) in [6.07, 6.45) is 2.40. The number of benzene rings is 1. The second-order valence-electron chi connectivity index (χ2n) is 6.71. The van der Waals surface area contributed by atoms with Crippen molar-refractivity contribution in [2.24, 2.45) is 11.7 Å². The Labute approximate surface area is 148 Å². The molecule has 2 aromatic rings. The van der Waals surface area contributed by atoms with Gasteiger partial charge in [0.25, 0.3) is 5.91 Å². The highest BCUT2D eigenvalue weighted by atomic mass is 35.5. The lowest BCUT2D eigenvalue weighted by Gasteiger charge is -2.16. The molecule has 128 valence electrons. The van der Waals surface area contributed by atoms with Gasteiger partial charge in [0.05, 0.1) is 0 Å². The highest BCUT2D eigenvalue weighted by Gasteiger charge is 2.36. The van der Waals surface area contributed by atoms with Crippen LogP contribution in [0.4, 0.5) is 0 Å². The number of hydrogen-bond donors (Lipinski definition) is 2. The van der Waals surface area contributed by atoms with Gasteiger partial charge < -0.3 is 10.6 Å². The van der Waals surface area contributed by atoms with Crippen LogP contribution in [0.1, 0.15) is 46.4 Å². The Balaban J connectivity index is 0.00000169. The Hall–Kier alpha value is -1.85. The Morgan fingerprint density at radius 2 is 2.00 bits per heavy atom. The maximum atomic E-state index is 12.7. The largest absolute Gasteiger partial charge is 0.336 e. The third-order valence-electron chi connectivity index (χ3n) is 5.09. The Kier molecular flexibility index (Phi) is 4.92. The van der Waals surface area contributed by atoms with E-state index in [-0.39, 0.29) is 18.3 Å². The summed E-state index contributed by atoms with van der Waals surface area (Å²) in [6.45, 7) is 2.02. The van der Waals surface area contributed by atoms with Crippen LogP contribution in [0.2, 0.25) is 0 Å². The van der Waals surface area contributed by atoms with E-state index in [2.05, 4.69) is 22.3 Å². The summed E-state index contributed by atoms with van der Waals surface area (Å²) in [7, 11) is 0. The topological polar surface area (TPSA) is 75.0 Å². The first-order valence-corrected chi connectivity index (χ1v) is 8.36. The number of nitrogens with one attached hydrogen (secondary N) is 1. The summed E-state index contributed by atoms with van der Waals surface area (Å²) in [5.74, 6) is 1.22. The fourth-order valence-electron chi connectivity index (χ4n) is 3.57. The van der Waals surface area contributed by atoms with Crippen LogP contribution in [0.3, 0.4) is 0 Å². The molecule has 5 nitrogen and oxygen atoms in total. The van der Waals surface area contributed by atoms with Gasteiger partial charge in [-0.05, 0) is 36.9 Å². The van der Waals surface area contributed by atoms with Crippen LogP contribution < -0.4 is 5.73 Å². The first kappa shape index (κ1) is 17.0. The standard InChI is InChI=1S/C18H22N4O.ClH/c19-9-14-10-22(11-15(14)12-4-2-1-3-5-12)18(23)17-8-16(20-21-17)13-6-7-13;/h1-5,8,13-15H,6-7,9-11,19H2,(H,20,21);1H/t14-,15+;/m1./s1. The van der Waals surface area contributed by atoms with Crippen LogP contribution in [0.15, 0.2) is 36.4 Å². The second-order valence-corrected chi connectivity index (χ2v) is 6.71. The first-order chi connectivity index (χ1) is 11.3. The lowest BCUT2D eigenvalue weighted by molar-refractivity contribution is 0.0780. The van der Waals surface area contributed by atoms with Crippen LogP contribution in [-0.4, -0.2) is 40.6 Å². The number of carbonyl (C=O) groups is 1. The van der Waals surface area contributed by atoms with Gasteiger partial charge in [0.1, 0.15) is 5.69 Å². The van der Waals surface area contributed by atoms with Gasteiger partial charge >= 0.3 is 0 Å². The third-order valence-corrected chi connectivity index (χ3v) is 5.09. The van der Waals surface area contributed by atoms with Crippen LogP contribution >= 0.6 is 12.4 Å². The molecule has 1 aromatic heterocycles. The minimum absolute atomic E-state index is 0. The number of carbonyl (C=O) groups excluding carboxylic acids is 1. The molecule has 2 heterocycles. The van der Waals surface area contributed by atoms with Gasteiger partial charge in [0.2, 0.25) is 0 Å². The van der Waals surface area contributed by atoms with E-state index >= 15 is 0 Å². The van der Waals surface area contributed by atoms with Gasteiger partial charge in [-0.2, -0.15) is 5.10 Å². The minimum atomic E-state index is 0. The maximum Gasteiger partial charge on any atom is 0.274 e. The Bertz CT molecular complexity index is 698. The third kappa shape index (κ3) is 3.19. The van der Waals surface area contributed by atoms with Crippen molar-refractivity contribution in [3.05, 3.63) is 53.3 Å². The van der Waals surface area contributed by atoms with Crippen LogP contribution in [0.25, 0.3) is 0 Å². The quantitative estimate of drug-likeness (QED) is 0.893. The molecule has 2 aliphatic rings. The molecule has 0 spiro atoms. The van der Waals surface area contributed by atoms with Crippen molar-refractivity contribution in [1.82, 2.24) is 15.1 Å². The zero-order valence-corrected chi connectivity index (χ0v) is 14.3. The normalized spacial score (nSPS) is 23.1. The zero-order chi connectivity index (χ0) is 15.8. The number of hydrogen-bond acceptors (Lipinski definition) is 3. The number of nitrogens with two attached hydrogens (primary N) is 1. The monoisotopic (exact) mass is 346 g/mol. The molecule has 1 saturated heterocycles. The van der Waals surface area contributed by atoms with Gasteiger partial charge in [-0.15, -0.1) is 12.4 Å². The molecule has 0 bridgehead atoms. The second kappa shape index (κ2) is 6.95. The molecule has 2 fully saturated rings. The van der Waals surface area contributed by atoms with Crippen molar-refractivity contribution in [3.8, 4) is 0 Å². The lowest BCUT2D eigenvalue weighted by Crippen LogP contribution is -2.30. The van der Waals surface area contributed by atoms with E-state index in [4.69, 9.17) is 5.73 Å². The summed E-state index contributed by atoms with van der Waals surface area (Å²) < 4.78 is 0. The van der Waals surface area contributed by atoms with Crippen molar-refractivity contribution in [2.45, 2.75) is 24.7 Å². The maximum absolute atomic E-state index is 12.7. The fraction of sp³-hybridized carbons (Fsp3) is 0.444. The number of aromatic amines is 1. The Morgan fingerprint density at radius 3 is 2.67 bits per heavy atom. The molecule has 1 amide bonds. The molecular weight excluding hydrogens is 324 g/mol. The number of halogens is 1. The highest BCUT2D eigenvalue weighted by Crippen LogP contribution is 2.39. The van der Waals surface area contributed by atoms with Crippen molar-refractivity contribution < 1.29 is 4.79 Å². The molecule has 2 atom stereocenters. The SMILES string of the molecule is Cl.NC[C@@H]1CN(C(=O)c2cc(C3CC3)[nH]n2)C[C@H]1c1ccccc1. The first-order valence-electron chi connectivity index (χ1n) is 8.36. The number of likely N-dealkylation sites (tertiary alicyclic amines) is 1. The average Bonchev–Trinajstić information content (AvgIpc) is 3.17. The molecule has 3 N–H and O–H groups in total. The summed E-state index contributed by atoms with van der Waals surface area (Å²) in [6, 6.07) is 12.3. The molecule has 0 radical (unpaired) electrons. The summed E-state index contributed by atoms with van der Waals surface area (Å²) >= 11 is 0. The molecule has 1 aliphatic carbocycles. The van der Waals surface area contributed by atoms with Crippen molar-refractivity contribution >= 4 is 18.3 Å². The summed E-state index contributed by atoms with van der Waals surface area (Å²) in [5.41, 5.74) is 8.86. The lowest BCUT2D eigenvalue weighted by atomic mass is 9.89. The number of amides is 1. The number of nitrogens with zero attached hydrogens (tertiary/aromatic N) is 2. The summed E-state index contributed by atoms with van der Waals surface area (Å²) in [4.78, 5) is 14.6. The van der Waals surface area contributed by atoms with E-state index in [0.29, 0.717) is 36.5 Å². The molecule has 6 heteroatoms. The van der Waals surface area contributed by atoms with Crippen molar-refractivity contribution in [2.75, 3.05) is 19.6 Å². The number of rotatable bonds is 4. The number of H-pyrrole nitrogens is 1. The van der Waals surface area contributed by atoms with Crippen molar-refractivity contribution in [1.29, 1.82) is 0 Å². The van der Waals surface area contributed by atoms with Crippen LogP contribution in [-0.2, 0) is 0 Å². The molecule has 0 unspecified atom stereocenters. The molecular formula is C18H23ClN4O. The molecule has 4 rings (SSSR count). The van der Waals surface area contributed by atoms with Gasteiger partial charge in [-0.3, -0.25) is 9.89 Å². The van der Waals surface area contributed by atoms with Crippen LogP contribution in [0.5, 0.6) is 0 Å². The fourth-order valence-corrected chi connectivity index (χ4v) is 3.57. The predicted molar refractivity (Wildman–Crippen MR) is 95.4 cm³/mol.